The fourth-order valence-corrected chi connectivity index (χ4v) is 2.18. The quantitative estimate of drug-likeness (QED) is 0.858. The zero-order valence-corrected chi connectivity index (χ0v) is 11.6. The van der Waals surface area contributed by atoms with Gasteiger partial charge in [-0.1, -0.05) is 42.3 Å². The van der Waals surface area contributed by atoms with E-state index in [0.29, 0.717) is 23.1 Å². The van der Waals surface area contributed by atoms with Crippen molar-refractivity contribution < 1.29 is 9.84 Å². The molecule has 1 rings (SSSR count). The average molecular weight is 277 g/mol. The van der Waals surface area contributed by atoms with Crippen LogP contribution in [0.15, 0.2) is 18.2 Å². The molecule has 96 valence electrons. The highest BCUT2D eigenvalue weighted by atomic mass is 35.5. The van der Waals surface area contributed by atoms with Gasteiger partial charge in [0.15, 0.2) is 0 Å². The number of hydrogen-bond donors (Lipinski definition) is 1. The van der Waals surface area contributed by atoms with Crippen molar-refractivity contribution in [1.29, 1.82) is 0 Å². The maximum Gasteiger partial charge on any atom is 0.0842 e. The summed E-state index contributed by atoms with van der Waals surface area (Å²) in [5, 5.41) is 11.1. The van der Waals surface area contributed by atoms with Crippen molar-refractivity contribution in [2.24, 2.45) is 0 Å². The molecule has 0 amide bonds. The van der Waals surface area contributed by atoms with Gasteiger partial charge < -0.3 is 9.84 Å². The van der Waals surface area contributed by atoms with Crippen LogP contribution in [0.4, 0.5) is 0 Å². The third kappa shape index (κ3) is 4.14. The van der Waals surface area contributed by atoms with Crippen LogP contribution in [0.2, 0.25) is 10.0 Å². The molecule has 4 heteroatoms. The number of benzene rings is 1. The van der Waals surface area contributed by atoms with Crippen LogP contribution in [0, 0.1) is 0 Å². The van der Waals surface area contributed by atoms with Crippen molar-refractivity contribution in [3.63, 3.8) is 0 Å². The molecule has 0 spiro atoms. The van der Waals surface area contributed by atoms with E-state index in [9.17, 15) is 5.11 Å². The Labute approximate surface area is 113 Å². The zero-order valence-electron chi connectivity index (χ0n) is 10.1. The third-order valence-electron chi connectivity index (χ3n) is 2.67. The van der Waals surface area contributed by atoms with Crippen molar-refractivity contribution in [2.45, 2.75) is 38.9 Å². The summed E-state index contributed by atoms with van der Waals surface area (Å²) in [5.74, 6) is 0. The molecule has 2 unspecified atom stereocenters. The molecule has 0 heterocycles. The number of hydrogen-bond acceptors (Lipinski definition) is 2. The van der Waals surface area contributed by atoms with Crippen molar-refractivity contribution >= 4 is 23.2 Å². The molecule has 0 saturated heterocycles. The molecular formula is C13H18Cl2O2. The van der Waals surface area contributed by atoms with E-state index in [0.717, 1.165) is 12.0 Å². The largest absolute Gasteiger partial charge is 0.390 e. The number of halogens is 2. The minimum absolute atomic E-state index is 0.157. The SMILES string of the molecule is CCOC(CC)C(O)Cc1cccc(Cl)c1Cl. The van der Waals surface area contributed by atoms with Crippen LogP contribution in [0.1, 0.15) is 25.8 Å². The summed E-state index contributed by atoms with van der Waals surface area (Å²) in [7, 11) is 0. The highest BCUT2D eigenvalue weighted by Crippen LogP contribution is 2.27. The number of rotatable bonds is 6. The smallest absolute Gasteiger partial charge is 0.0842 e. The van der Waals surface area contributed by atoms with Crippen LogP contribution in [0.5, 0.6) is 0 Å². The Hall–Kier alpha value is -0.280. The maximum atomic E-state index is 10.1. The van der Waals surface area contributed by atoms with Crippen LogP contribution >= 0.6 is 23.2 Å². The lowest BCUT2D eigenvalue weighted by molar-refractivity contribution is -0.0334. The second kappa shape index (κ2) is 7.22. The summed E-state index contributed by atoms with van der Waals surface area (Å²) >= 11 is 12.0. The zero-order chi connectivity index (χ0) is 12.8. The number of aliphatic hydroxyl groups excluding tert-OH is 1. The lowest BCUT2D eigenvalue weighted by atomic mass is 10.0. The van der Waals surface area contributed by atoms with Gasteiger partial charge in [-0.15, -0.1) is 0 Å². The fraction of sp³-hybridized carbons (Fsp3) is 0.538. The summed E-state index contributed by atoms with van der Waals surface area (Å²) in [6.07, 6.45) is 0.511. The van der Waals surface area contributed by atoms with Gasteiger partial charge in [-0.05, 0) is 25.0 Å². The molecule has 0 aliphatic heterocycles. The average Bonchev–Trinajstić information content (AvgIpc) is 2.31. The standard InChI is InChI=1S/C13H18Cl2O2/c1-3-12(17-4-2)11(16)8-9-6-5-7-10(14)13(9)15/h5-7,11-12,16H,3-4,8H2,1-2H3. The first-order chi connectivity index (χ1) is 8.10. The Balaban J connectivity index is 2.72. The van der Waals surface area contributed by atoms with Crippen LogP contribution < -0.4 is 0 Å². The van der Waals surface area contributed by atoms with Gasteiger partial charge in [-0.3, -0.25) is 0 Å². The molecular weight excluding hydrogens is 259 g/mol. The van der Waals surface area contributed by atoms with Gasteiger partial charge in [-0.2, -0.15) is 0 Å². The summed E-state index contributed by atoms with van der Waals surface area (Å²) in [6.45, 7) is 4.50. The molecule has 17 heavy (non-hydrogen) atoms. The Morgan fingerprint density at radius 1 is 1.29 bits per heavy atom. The molecule has 0 saturated carbocycles. The molecule has 1 N–H and O–H groups in total. The van der Waals surface area contributed by atoms with E-state index in [1.54, 1.807) is 6.07 Å². The van der Waals surface area contributed by atoms with Gasteiger partial charge >= 0.3 is 0 Å². The minimum Gasteiger partial charge on any atom is -0.390 e. The molecule has 2 atom stereocenters. The second-order valence-electron chi connectivity index (χ2n) is 3.89. The van der Waals surface area contributed by atoms with Crippen molar-refractivity contribution in [3.05, 3.63) is 33.8 Å². The molecule has 0 aromatic heterocycles. The first kappa shape index (κ1) is 14.8. The monoisotopic (exact) mass is 276 g/mol. The Bertz CT molecular complexity index is 355. The van der Waals surface area contributed by atoms with E-state index in [2.05, 4.69) is 0 Å². The maximum absolute atomic E-state index is 10.1. The molecule has 0 aliphatic carbocycles. The summed E-state index contributed by atoms with van der Waals surface area (Å²) in [4.78, 5) is 0. The van der Waals surface area contributed by atoms with Crippen molar-refractivity contribution in [1.82, 2.24) is 0 Å². The Morgan fingerprint density at radius 2 is 2.00 bits per heavy atom. The van der Waals surface area contributed by atoms with E-state index < -0.39 is 6.10 Å². The predicted octanol–water partition coefficient (Wildman–Crippen LogP) is 3.71. The third-order valence-corrected chi connectivity index (χ3v) is 3.53. The van der Waals surface area contributed by atoms with E-state index in [1.807, 2.05) is 26.0 Å². The first-order valence-corrected chi connectivity index (χ1v) is 6.58. The van der Waals surface area contributed by atoms with Gasteiger partial charge in [0.1, 0.15) is 0 Å². The molecule has 0 fully saturated rings. The highest BCUT2D eigenvalue weighted by molar-refractivity contribution is 6.42. The van der Waals surface area contributed by atoms with E-state index in [4.69, 9.17) is 27.9 Å². The van der Waals surface area contributed by atoms with Gasteiger partial charge in [-0.25, -0.2) is 0 Å². The predicted molar refractivity (Wildman–Crippen MR) is 71.9 cm³/mol. The van der Waals surface area contributed by atoms with E-state index >= 15 is 0 Å². The summed E-state index contributed by atoms with van der Waals surface area (Å²) < 4.78 is 5.47. The van der Waals surface area contributed by atoms with Crippen molar-refractivity contribution in [2.75, 3.05) is 6.61 Å². The summed E-state index contributed by atoms with van der Waals surface area (Å²) in [5.41, 5.74) is 0.852. The van der Waals surface area contributed by atoms with E-state index in [-0.39, 0.29) is 6.10 Å². The molecule has 2 nitrogen and oxygen atoms in total. The molecule has 0 aliphatic rings. The Kier molecular flexibility index (Phi) is 6.28. The van der Waals surface area contributed by atoms with Crippen LogP contribution in [0.3, 0.4) is 0 Å². The topological polar surface area (TPSA) is 29.5 Å². The Morgan fingerprint density at radius 3 is 2.59 bits per heavy atom. The molecule has 1 aromatic carbocycles. The van der Waals surface area contributed by atoms with Crippen LogP contribution in [-0.2, 0) is 11.2 Å². The lowest BCUT2D eigenvalue weighted by Gasteiger charge is -2.22. The summed E-state index contributed by atoms with van der Waals surface area (Å²) in [6, 6.07) is 5.44. The molecule has 1 aromatic rings. The normalized spacial score (nSPS) is 14.6. The van der Waals surface area contributed by atoms with Gasteiger partial charge in [0.2, 0.25) is 0 Å². The number of aliphatic hydroxyl groups is 1. The highest BCUT2D eigenvalue weighted by Gasteiger charge is 2.19. The first-order valence-electron chi connectivity index (χ1n) is 5.82. The van der Waals surface area contributed by atoms with Crippen LogP contribution in [-0.4, -0.2) is 23.9 Å². The molecule has 0 radical (unpaired) electrons. The van der Waals surface area contributed by atoms with Gasteiger partial charge in [0.25, 0.3) is 0 Å². The fourth-order valence-electron chi connectivity index (χ4n) is 1.78. The van der Waals surface area contributed by atoms with E-state index in [1.165, 1.54) is 0 Å². The van der Waals surface area contributed by atoms with Crippen LogP contribution in [0.25, 0.3) is 0 Å². The second-order valence-corrected chi connectivity index (χ2v) is 4.67. The lowest BCUT2D eigenvalue weighted by Crippen LogP contribution is -2.30. The van der Waals surface area contributed by atoms with Crippen molar-refractivity contribution in [3.8, 4) is 0 Å². The number of ether oxygens (including phenoxy) is 1. The van der Waals surface area contributed by atoms with Gasteiger partial charge in [0.05, 0.1) is 22.3 Å². The minimum atomic E-state index is -0.559. The molecule has 0 bridgehead atoms. The van der Waals surface area contributed by atoms with Gasteiger partial charge in [0, 0.05) is 13.0 Å².